The first-order valence-electron chi connectivity index (χ1n) is 12.1. The zero-order chi connectivity index (χ0) is 23.8. The Balaban J connectivity index is 1.14. The third kappa shape index (κ3) is 5.66. The van der Waals surface area contributed by atoms with Crippen molar-refractivity contribution < 1.29 is 19.1 Å². The maximum Gasteiger partial charge on any atom is 0.261 e. The summed E-state index contributed by atoms with van der Waals surface area (Å²) in [6.07, 6.45) is 4.89. The predicted octanol–water partition coefficient (Wildman–Crippen LogP) is 6.38. The minimum atomic E-state index is -0.166. The first-order chi connectivity index (χ1) is 16.7. The second-order valence-electron chi connectivity index (χ2n) is 8.41. The van der Waals surface area contributed by atoms with Crippen LogP contribution in [0.5, 0.6) is 11.5 Å². The van der Waals surface area contributed by atoms with Gasteiger partial charge in [-0.05, 0) is 67.3 Å². The molecule has 34 heavy (non-hydrogen) atoms. The number of ether oxygens (including phenoxy) is 2. The minimum Gasteiger partial charge on any atom is -0.494 e. The molecule has 0 aromatic heterocycles. The molecule has 0 saturated heterocycles. The van der Waals surface area contributed by atoms with Crippen molar-refractivity contribution in [3.05, 3.63) is 83.9 Å². The van der Waals surface area contributed by atoms with Crippen molar-refractivity contribution in [2.24, 2.45) is 0 Å². The topological polar surface area (TPSA) is 55.8 Å². The van der Waals surface area contributed by atoms with E-state index in [9.17, 15) is 9.59 Å². The van der Waals surface area contributed by atoms with Crippen LogP contribution in [0, 0.1) is 0 Å². The second kappa shape index (κ2) is 11.5. The van der Waals surface area contributed by atoms with Crippen molar-refractivity contribution in [2.75, 3.05) is 19.8 Å². The summed E-state index contributed by atoms with van der Waals surface area (Å²) in [5.74, 6) is 1.40. The molecule has 2 amide bonds. The molecule has 176 valence electrons. The van der Waals surface area contributed by atoms with E-state index in [1.807, 2.05) is 37.3 Å². The molecule has 4 rings (SSSR count). The van der Waals surface area contributed by atoms with Gasteiger partial charge in [-0.3, -0.25) is 14.5 Å². The molecular formula is C29H31NO4. The molecule has 0 aliphatic carbocycles. The molecule has 0 atom stereocenters. The van der Waals surface area contributed by atoms with Crippen molar-refractivity contribution >= 4 is 11.8 Å². The Hall–Kier alpha value is -3.60. The first kappa shape index (κ1) is 23.6. The highest BCUT2D eigenvalue weighted by molar-refractivity contribution is 6.21. The molecule has 0 spiro atoms. The van der Waals surface area contributed by atoms with E-state index >= 15 is 0 Å². The van der Waals surface area contributed by atoms with Gasteiger partial charge in [-0.2, -0.15) is 0 Å². The second-order valence-corrected chi connectivity index (χ2v) is 8.41. The summed E-state index contributed by atoms with van der Waals surface area (Å²) >= 11 is 0. The van der Waals surface area contributed by atoms with Crippen LogP contribution >= 0.6 is 0 Å². The van der Waals surface area contributed by atoms with E-state index in [1.54, 1.807) is 24.3 Å². The number of carbonyl (C=O) groups is 2. The number of amides is 2. The molecule has 0 fully saturated rings. The molecule has 0 radical (unpaired) electrons. The number of hydrogen-bond donors (Lipinski definition) is 0. The van der Waals surface area contributed by atoms with E-state index in [2.05, 4.69) is 18.2 Å². The Bertz CT molecular complexity index is 1110. The van der Waals surface area contributed by atoms with Crippen LogP contribution in [0.25, 0.3) is 11.1 Å². The zero-order valence-electron chi connectivity index (χ0n) is 19.7. The smallest absolute Gasteiger partial charge is 0.261 e. The van der Waals surface area contributed by atoms with Gasteiger partial charge >= 0.3 is 0 Å². The number of imide groups is 1. The highest BCUT2D eigenvalue weighted by Gasteiger charge is 2.34. The highest BCUT2D eigenvalue weighted by atomic mass is 16.5. The summed E-state index contributed by atoms with van der Waals surface area (Å²) in [6, 6.07) is 23.3. The summed E-state index contributed by atoms with van der Waals surface area (Å²) in [7, 11) is 0. The van der Waals surface area contributed by atoms with Crippen LogP contribution in [0.1, 0.15) is 59.7 Å². The number of benzene rings is 3. The predicted molar refractivity (Wildman–Crippen MR) is 133 cm³/mol. The Morgan fingerprint density at radius 2 is 1.21 bits per heavy atom. The molecule has 1 heterocycles. The van der Waals surface area contributed by atoms with Gasteiger partial charge in [-0.1, -0.05) is 55.7 Å². The summed E-state index contributed by atoms with van der Waals surface area (Å²) in [5, 5.41) is 0. The summed E-state index contributed by atoms with van der Waals surface area (Å²) in [6.45, 7) is 3.78. The average Bonchev–Trinajstić information content (AvgIpc) is 3.11. The lowest BCUT2D eigenvalue weighted by atomic mass is 10.1. The van der Waals surface area contributed by atoms with Crippen molar-refractivity contribution in [1.82, 2.24) is 4.90 Å². The van der Waals surface area contributed by atoms with E-state index in [0.717, 1.165) is 54.7 Å². The fourth-order valence-corrected chi connectivity index (χ4v) is 4.23. The maximum absolute atomic E-state index is 12.4. The zero-order valence-corrected chi connectivity index (χ0v) is 19.7. The van der Waals surface area contributed by atoms with Crippen LogP contribution in [-0.4, -0.2) is 36.5 Å². The van der Waals surface area contributed by atoms with Crippen LogP contribution < -0.4 is 9.47 Å². The lowest BCUT2D eigenvalue weighted by molar-refractivity contribution is 0.0651. The molecule has 0 N–H and O–H groups in total. The molecule has 0 unspecified atom stereocenters. The standard InChI is InChI=1S/C29H31NO4/c1-2-33-24-14-10-12-22(20-24)23-13-11-15-25(21-23)34-19-9-5-3-4-8-18-30-28(31)26-16-6-7-17-27(26)29(30)32/h6-7,10-17,20-21H,2-5,8-9,18-19H2,1H3. The normalized spacial score (nSPS) is 12.7. The number of fused-ring (bicyclic) bond motifs is 1. The average molecular weight is 458 g/mol. The highest BCUT2D eigenvalue weighted by Crippen LogP contribution is 2.27. The fourth-order valence-electron chi connectivity index (χ4n) is 4.23. The Labute approximate surface area is 201 Å². The van der Waals surface area contributed by atoms with E-state index in [-0.39, 0.29) is 11.8 Å². The van der Waals surface area contributed by atoms with Crippen molar-refractivity contribution in [1.29, 1.82) is 0 Å². The van der Waals surface area contributed by atoms with Gasteiger partial charge in [0.25, 0.3) is 11.8 Å². The lowest BCUT2D eigenvalue weighted by Gasteiger charge is -2.13. The minimum absolute atomic E-state index is 0.166. The van der Waals surface area contributed by atoms with Crippen LogP contribution in [0.15, 0.2) is 72.8 Å². The van der Waals surface area contributed by atoms with Gasteiger partial charge in [0.1, 0.15) is 11.5 Å². The van der Waals surface area contributed by atoms with Crippen molar-refractivity contribution in [3.63, 3.8) is 0 Å². The van der Waals surface area contributed by atoms with E-state index in [1.165, 1.54) is 4.90 Å². The first-order valence-corrected chi connectivity index (χ1v) is 12.1. The van der Waals surface area contributed by atoms with Gasteiger partial charge in [0.15, 0.2) is 0 Å². The number of unbranched alkanes of at least 4 members (excludes halogenated alkanes) is 4. The van der Waals surface area contributed by atoms with E-state index in [4.69, 9.17) is 9.47 Å². The lowest BCUT2D eigenvalue weighted by Crippen LogP contribution is -2.30. The van der Waals surface area contributed by atoms with Crippen molar-refractivity contribution in [2.45, 2.75) is 39.0 Å². The molecular weight excluding hydrogens is 426 g/mol. The Morgan fingerprint density at radius 3 is 1.82 bits per heavy atom. The van der Waals surface area contributed by atoms with Crippen LogP contribution in [0.3, 0.4) is 0 Å². The molecule has 3 aromatic carbocycles. The van der Waals surface area contributed by atoms with Crippen LogP contribution in [0.2, 0.25) is 0 Å². The molecule has 3 aromatic rings. The Morgan fingerprint density at radius 1 is 0.647 bits per heavy atom. The molecule has 5 nitrogen and oxygen atoms in total. The molecule has 1 aliphatic rings. The quantitative estimate of drug-likeness (QED) is 0.234. The van der Waals surface area contributed by atoms with E-state index < -0.39 is 0 Å². The molecule has 1 aliphatic heterocycles. The monoisotopic (exact) mass is 457 g/mol. The van der Waals surface area contributed by atoms with Crippen molar-refractivity contribution in [3.8, 4) is 22.6 Å². The third-order valence-electron chi connectivity index (χ3n) is 5.99. The maximum atomic E-state index is 12.4. The molecule has 0 saturated carbocycles. The molecule has 5 heteroatoms. The van der Waals surface area contributed by atoms with Gasteiger partial charge in [0.2, 0.25) is 0 Å². The third-order valence-corrected chi connectivity index (χ3v) is 5.99. The van der Waals surface area contributed by atoms with Crippen LogP contribution in [-0.2, 0) is 0 Å². The number of rotatable bonds is 12. The summed E-state index contributed by atoms with van der Waals surface area (Å²) < 4.78 is 11.6. The van der Waals surface area contributed by atoms with Crippen LogP contribution in [0.4, 0.5) is 0 Å². The van der Waals surface area contributed by atoms with Gasteiger partial charge in [0.05, 0.1) is 24.3 Å². The number of nitrogens with zero attached hydrogens (tertiary/aromatic N) is 1. The number of carbonyl (C=O) groups excluding carboxylic acids is 2. The fraction of sp³-hybridized carbons (Fsp3) is 0.310. The Kier molecular flexibility index (Phi) is 7.97. The van der Waals surface area contributed by atoms with E-state index in [0.29, 0.717) is 30.9 Å². The van der Waals surface area contributed by atoms with Gasteiger partial charge in [-0.25, -0.2) is 0 Å². The van der Waals surface area contributed by atoms with Gasteiger partial charge in [0, 0.05) is 6.54 Å². The molecule has 0 bridgehead atoms. The SMILES string of the molecule is CCOc1cccc(-c2cccc(OCCCCCCCN3C(=O)c4ccccc4C3=O)c2)c1. The van der Waals surface area contributed by atoms with Gasteiger partial charge in [-0.15, -0.1) is 0 Å². The number of hydrogen-bond acceptors (Lipinski definition) is 4. The summed E-state index contributed by atoms with van der Waals surface area (Å²) in [5.41, 5.74) is 3.26. The summed E-state index contributed by atoms with van der Waals surface area (Å²) in [4.78, 5) is 26.2. The largest absolute Gasteiger partial charge is 0.494 e. The van der Waals surface area contributed by atoms with Gasteiger partial charge < -0.3 is 9.47 Å².